The molecule has 0 aliphatic carbocycles. The molecule has 0 bridgehead atoms. The smallest absolute Gasteiger partial charge is 0.268 e. The first-order chi connectivity index (χ1) is 15.3. The summed E-state index contributed by atoms with van der Waals surface area (Å²) in [5.74, 6) is -0.562. The van der Waals surface area contributed by atoms with Gasteiger partial charge < -0.3 is 0 Å². The van der Waals surface area contributed by atoms with E-state index >= 15 is 0 Å². The molecule has 0 unspecified atom stereocenters. The molecule has 0 saturated heterocycles. The van der Waals surface area contributed by atoms with Crippen molar-refractivity contribution in [1.29, 1.82) is 0 Å². The van der Waals surface area contributed by atoms with E-state index in [1.807, 2.05) is 32.0 Å². The molecule has 0 atom stereocenters. The van der Waals surface area contributed by atoms with Gasteiger partial charge in [0.05, 0.1) is 16.8 Å². The average molecular weight is 430 g/mol. The summed E-state index contributed by atoms with van der Waals surface area (Å²) in [5, 5.41) is 15.2. The van der Waals surface area contributed by atoms with Crippen LogP contribution in [0.15, 0.2) is 65.9 Å². The van der Waals surface area contributed by atoms with Crippen molar-refractivity contribution in [2.24, 2.45) is 0 Å². The predicted molar refractivity (Wildman–Crippen MR) is 119 cm³/mol. The lowest BCUT2D eigenvalue weighted by atomic mass is 10.1. The van der Waals surface area contributed by atoms with Crippen LogP contribution in [0.4, 0.5) is 5.69 Å². The van der Waals surface area contributed by atoms with Crippen molar-refractivity contribution in [3.63, 3.8) is 0 Å². The molecular weight excluding hydrogens is 412 g/mol. The largest absolute Gasteiger partial charge is 0.283 e. The van der Waals surface area contributed by atoms with Crippen LogP contribution in [0.5, 0.6) is 0 Å². The summed E-state index contributed by atoms with van der Waals surface area (Å²) < 4.78 is 2.56. The molecule has 10 heteroatoms. The molecule has 1 amide bonds. The van der Waals surface area contributed by atoms with Crippen LogP contribution < -0.4 is 11.0 Å². The Labute approximate surface area is 181 Å². The topological polar surface area (TPSA) is 125 Å². The van der Waals surface area contributed by atoms with Gasteiger partial charge in [-0.25, -0.2) is 14.3 Å². The van der Waals surface area contributed by atoms with Gasteiger partial charge in [0.1, 0.15) is 11.7 Å². The summed E-state index contributed by atoms with van der Waals surface area (Å²) in [5.41, 5.74) is 5.92. The van der Waals surface area contributed by atoms with Gasteiger partial charge in [0, 0.05) is 18.2 Å². The fraction of sp³-hybridized carbons (Fsp3) is 0.0909. The zero-order valence-electron chi connectivity index (χ0n) is 17.2. The highest BCUT2D eigenvalue weighted by Crippen LogP contribution is 2.17. The van der Waals surface area contributed by atoms with Crippen molar-refractivity contribution in [3.05, 3.63) is 98.2 Å². The Kier molecular flexibility index (Phi) is 5.34. The molecule has 2 aromatic carbocycles. The van der Waals surface area contributed by atoms with Gasteiger partial charge in [0.2, 0.25) is 0 Å². The summed E-state index contributed by atoms with van der Waals surface area (Å²) in [6, 6.07) is 11.5. The second-order valence-electron chi connectivity index (χ2n) is 7.14. The quantitative estimate of drug-likeness (QED) is 0.295. The van der Waals surface area contributed by atoms with Crippen LogP contribution in [0.2, 0.25) is 0 Å². The molecule has 0 aliphatic heterocycles. The fourth-order valence-corrected chi connectivity index (χ4v) is 3.07. The molecule has 2 aromatic heterocycles. The third-order valence-electron chi connectivity index (χ3n) is 4.99. The summed E-state index contributed by atoms with van der Waals surface area (Å²) in [7, 11) is 0. The van der Waals surface area contributed by atoms with E-state index in [9.17, 15) is 19.7 Å². The van der Waals surface area contributed by atoms with Gasteiger partial charge in [-0.05, 0) is 60.9 Å². The van der Waals surface area contributed by atoms with Crippen LogP contribution in [-0.2, 0) is 4.79 Å². The molecule has 10 nitrogen and oxygen atoms in total. The Morgan fingerprint density at radius 2 is 1.88 bits per heavy atom. The van der Waals surface area contributed by atoms with E-state index in [1.165, 1.54) is 48.9 Å². The number of amides is 1. The number of carbonyl (C=O) groups is 1. The highest BCUT2D eigenvalue weighted by Gasteiger charge is 2.13. The number of nitrogens with one attached hydrogen (secondary N) is 1. The van der Waals surface area contributed by atoms with Crippen molar-refractivity contribution in [2.75, 3.05) is 5.43 Å². The standard InChI is InChI=1S/C22H18N6O4/c1-14-3-7-18(11-15(14)2)27-21-19(12-24-27)22(30)26(13-23-21)25-20(29)10-6-16-4-8-17(9-5-16)28(31)32/h3-13H,1-2H3,(H,25,29). The van der Waals surface area contributed by atoms with Gasteiger partial charge in [-0.1, -0.05) is 6.07 Å². The number of carbonyl (C=O) groups excluding carboxylic acids is 1. The third kappa shape index (κ3) is 4.01. The minimum atomic E-state index is -0.562. The number of nitro groups is 1. The van der Waals surface area contributed by atoms with Crippen LogP contribution in [0.3, 0.4) is 0 Å². The Bertz CT molecular complexity index is 1430. The van der Waals surface area contributed by atoms with Crippen LogP contribution in [0.25, 0.3) is 22.8 Å². The number of benzene rings is 2. The lowest BCUT2D eigenvalue weighted by molar-refractivity contribution is -0.384. The van der Waals surface area contributed by atoms with Crippen molar-refractivity contribution in [2.45, 2.75) is 13.8 Å². The Morgan fingerprint density at radius 3 is 2.56 bits per heavy atom. The van der Waals surface area contributed by atoms with E-state index < -0.39 is 16.4 Å². The summed E-state index contributed by atoms with van der Waals surface area (Å²) >= 11 is 0. The molecule has 32 heavy (non-hydrogen) atoms. The lowest BCUT2D eigenvalue weighted by Crippen LogP contribution is -2.32. The first-order valence-electron chi connectivity index (χ1n) is 9.60. The molecule has 0 spiro atoms. The first kappa shape index (κ1) is 20.7. The van der Waals surface area contributed by atoms with Gasteiger partial charge in [0.25, 0.3) is 17.2 Å². The number of hydrogen-bond acceptors (Lipinski definition) is 6. The zero-order valence-corrected chi connectivity index (χ0v) is 17.2. The van der Waals surface area contributed by atoms with Gasteiger partial charge in [-0.3, -0.25) is 25.1 Å². The van der Waals surface area contributed by atoms with E-state index in [0.717, 1.165) is 21.5 Å². The highest BCUT2D eigenvalue weighted by molar-refractivity contribution is 5.97. The van der Waals surface area contributed by atoms with Crippen molar-refractivity contribution in [1.82, 2.24) is 19.4 Å². The molecule has 2 heterocycles. The summed E-state index contributed by atoms with van der Waals surface area (Å²) in [4.78, 5) is 39.5. The third-order valence-corrected chi connectivity index (χ3v) is 4.99. The second kappa shape index (κ2) is 8.26. The summed E-state index contributed by atoms with van der Waals surface area (Å²) in [6.45, 7) is 4.00. The number of nitro benzene ring substituents is 1. The molecule has 160 valence electrons. The van der Waals surface area contributed by atoms with E-state index in [-0.39, 0.29) is 11.1 Å². The zero-order chi connectivity index (χ0) is 22.8. The molecule has 0 aliphatic rings. The molecule has 4 aromatic rings. The average Bonchev–Trinajstić information content (AvgIpc) is 3.21. The maximum Gasteiger partial charge on any atom is 0.283 e. The maximum atomic E-state index is 12.8. The van der Waals surface area contributed by atoms with Crippen LogP contribution in [0, 0.1) is 24.0 Å². The van der Waals surface area contributed by atoms with E-state index in [1.54, 1.807) is 4.68 Å². The normalized spacial score (nSPS) is 11.2. The van der Waals surface area contributed by atoms with Gasteiger partial charge in [-0.2, -0.15) is 5.10 Å². The van der Waals surface area contributed by atoms with E-state index in [2.05, 4.69) is 15.5 Å². The number of aryl methyl sites for hydroxylation is 2. The van der Waals surface area contributed by atoms with Gasteiger partial charge in [0.15, 0.2) is 5.65 Å². The van der Waals surface area contributed by atoms with Gasteiger partial charge >= 0.3 is 0 Å². The van der Waals surface area contributed by atoms with Crippen molar-refractivity contribution >= 4 is 28.7 Å². The number of nitrogens with zero attached hydrogens (tertiary/aromatic N) is 5. The Hall–Kier alpha value is -4.60. The molecular formula is C22H18N6O4. The molecule has 1 N–H and O–H groups in total. The minimum Gasteiger partial charge on any atom is -0.268 e. The SMILES string of the molecule is Cc1ccc(-n2ncc3c(=O)n(NC(=O)C=Cc4ccc([N+](=O)[O-])cc4)cnc32)cc1C. The van der Waals surface area contributed by atoms with Crippen LogP contribution in [-0.4, -0.2) is 30.3 Å². The number of fused-ring (bicyclic) bond motifs is 1. The molecule has 0 saturated carbocycles. The number of aromatic nitrogens is 4. The molecule has 0 radical (unpaired) electrons. The minimum absolute atomic E-state index is 0.0427. The number of rotatable bonds is 5. The van der Waals surface area contributed by atoms with Crippen molar-refractivity contribution < 1.29 is 9.72 Å². The Morgan fingerprint density at radius 1 is 1.12 bits per heavy atom. The fourth-order valence-electron chi connectivity index (χ4n) is 3.07. The highest BCUT2D eigenvalue weighted by atomic mass is 16.6. The van der Waals surface area contributed by atoms with Gasteiger partial charge in [-0.15, -0.1) is 0 Å². The molecule has 0 fully saturated rings. The molecule has 4 rings (SSSR count). The number of non-ortho nitro benzene ring substituents is 1. The van der Waals surface area contributed by atoms with E-state index in [4.69, 9.17) is 0 Å². The van der Waals surface area contributed by atoms with Crippen LogP contribution >= 0.6 is 0 Å². The second-order valence-corrected chi connectivity index (χ2v) is 7.14. The first-order valence-corrected chi connectivity index (χ1v) is 9.60. The lowest BCUT2D eigenvalue weighted by Gasteiger charge is -2.08. The van der Waals surface area contributed by atoms with Crippen molar-refractivity contribution in [3.8, 4) is 5.69 Å². The maximum absolute atomic E-state index is 12.8. The van der Waals surface area contributed by atoms with E-state index in [0.29, 0.717) is 11.2 Å². The Balaban J connectivity index is 1.55. The monoisotopic (exact) mass is 430 g/mol. The predicted octanol–water partition coefficient (Wildman–Crippen LogP) is 2.89. The van der Waals surface area contributed by atoms with Crippen LogP contribution in [0.1, 0.15) is 16.7 Å². The summed E-state index contributed by atoms with van der Waals surface area (Å²) in [6.07, 6.45) is 5.33. The number of hydrogen-bond donors (Lipinski definition) is 1.